The van der Waals surface area contributed by atoms with Gasteiger partial charge in [0.05, 0.1) is 11.6 Å². The Morgan fingerprint density at radius 3 is 2.32 bits per heavy atom. The highest BCUT2D eigenvalue weighted by Gasteiger charge is 2.37. The predicted molar refractivity (Wildman–Crippen MR) is 80.9 cm³/mol. The van der Waals surface area contributed by atoms with Crippen LogP contribution in [0.25, 0.3) is 0 Å². The lowest BCUT2D eigenvalue weighted by atomic mass is 9.82. The van der Waals surface area contributed by atoms with Gasteiger partial charge in [-0.1, -0.05) is 32.0 Å². The lowest BCUT2D eigenvalue weighted by Gasteiger charge is -2.40. The van der Waals surface area contributed by atoms with Gasteiger partial charge in [0.15, 0.2) is 0 Å². The van der Waals surface area contributed by atoms with E-state index in [2.05, 4.69) is 51.3 Å². The molecule has 0 amide bonds. The van der Waals surface area contributed by atoms with Crippen LogP contribution in [0.2, 0.25) is 0 Å². The predicted octanol–water partition coefficient (Wildman–Crippen LogP) is 3.40. The minimum Gasteiger partial charge on any atom is -0.373 e. The Kier molecular flexibility index (Phi) is 5.98. The highest BCUT2D eigenvalue weighted by atomic mass is 16.5. The molecule has 19 heavy (non-hydrogen) atoms. The molecule has 0 saturated carbocycles. The summed E-state index contributed by atoms with van der Waals surface area (Å²) in [5.41, 5.74) is 6.55. The molecule has 3 nitrogen and oxygen atoms in total. The largest absolute Gasteiger partial charge is 0.373 e. The van der Waals surface area contributed by atoms with Crippen LogP contribution in [0.3, 0.4) is 0 Å². The molecular weight excluding hydrogens is 236 g/mol. The molecule has 1 aromatic rings. The van der Waals surface area contributed by atoms with E-state index in [4.69, 9.17) is 10.6 Å². The van der Waals surface area contributed by atoms with Crippen LogP contribution < -0.4 is 11.3 Å². The summed E-state index contributed by atoms with van der Waals surface area (Å²) in [4.78, 5) is 0. The fourth-order valence-corrected chi connectivity index (χ4v) is 2.84. The Hall–Kier alpha value is -0.900. The lowest BCUT2D eigenvalue weighted by molar-refractivity contribution is -0.0735. The van der Waals surface area contributed by atoms with Crippen LogP contribution in [0.5, 0.6) is 0 Å². The molecule has 0 saturated heterocycles. The van der Waals surface area contributed by atoms with Crippen molar-refractivity contribution in [3.63, 3.8) is 0 Å². The van der Waals surface area contributed by atoms with Crippen molar-refractivity contribution in [2.45, 2.75) is 59.1 Å². The van der Waals surface area contributed by atoms with Gasteiger partial charge in [-0.25, -0.2) is 0 Å². The standard InChI is InChI=1S/C16H28N2O/c1-6-16(7-2,19-8-3)15(18-17)14-11-9-10-12(4)13(14)5/h9-11,15,18H,6-8,17H2,1-5H3. The van der Waals surface area contributed by atoms with E-state index >= 15 is 0 Å². The number of nitrogens with two attached hydrogens (primary N) is 1. The summed E-state index contributed by atoms with van der Waals surface area (Å²) in [6.07, 6.45) is 1.86. The topological polar surface area (TPSA) is 47.3 Å². The Labute approximate surface area is 117 Å². The highest BCUT2D eigenvalue weighted by molar-refractivity contribution is 5.36. The van der Waals surface area contributed by atoms with Crippen LogP contribution in [-0.2, 0) is 4.74 Å². The lowest BCUT2D eigenvalue weighted by Crippen LogP contribution is -2.48. The number of rotatable bonds is 7. The summed E-state index contributed by atoms with van der Waals surface area (Å²) >= 11 is 0. The Morgan fingerprint density at radius 1 is 1.21 bits per heavy atom. The van der Waals surface area contributed by atoms with Crippen molar-refractivity contribution in [2.75, 3.05) is 6.61 Å². The zero-order valence-corrected chi connectivity index (χ0v) is 12.9. The van der Waals surface area contributed by atoms with E-state index < -0.39 is 0 Å². The molecule has 0 fully saturated rings. The van der Waals surface area contributed by atoms with Crippen LogP contribution in [0.15, 0.2) is 18.2 Å². The van der Waals surface area contributed by atoms with Crippen molar-refractivity contribution in [3.8, 4) is 0 Å². The molecular formula is C16H28N2O. The number of nitrogens with one attached hydrogen (secondary N) is 1. The Morgan fingerprint density at radius 2 is 1.84 bits per heavy atom. The van der Waals surface area contributed by atoms with Crippen molar-refractivity contribution in [1.82, 2.24) is 5.43 Å². The molecule has 3 heteroatoms. The smallest absolute Gasteiger partial charge is 0.0883 e. The van der Waals surface area contributed by atoms with E-state index in [0.717, 1.165) is 12.8 Å². The van der Waals surface area contributed by atoms with Crippen LogP contribution in [-0.4, -0.2) is 12.2 Å². The number of hydrazine groups is 1. The third-order valence-corrected chi connectivity index (χ3v) is 4.28. The monoisotopic (exact) mass is 264 g/mol. The van der Waals surface area contributed by atoms with Gasteiger partial charge in [0.1, 0.15) is 0 Å². The summed E-state index contributed by atoms with van der Waals surface area (Å²) in [6, 6.07) is 6.38. The summed E-state index contributed by atoms with van der Waals surface area (Å²) in [7, 11) is 0. The third-order valence-electron chi connectivity index (χ3n) is 4.28. The van der Waals surface area contributed by atoms with Crippen LogP contribution in [0.4, 0.5) is 0 Å². The second-order valence-corrected chi connectivity index (χ2v) is 5.09. The Balaban J connectivity index is 3.27. The van der Waals surface area contributed by atoms with E-state index in [1.165, 1.54) is 16.7 Å². The van der Waals surface area contributed by atoms with E-state index in [0.29, 0.717) is 6.61 Å². The first-order valence-electron chi connectivity index (χ1n) is 7.22. The summed E-state index contributed by atoms with van der Waals surface area (Å²) in [5.74, 6) is 5.86. The quantitative estimate of drug-likeness (QED) is 0.586. The maximum absolute atomic E-state index is 6.09. The number of aryl methyl sites for hydroxylation is 1. The molecule has 0 aliphatic rings. The summed E-state index contributed by atoms with van der Waals surface area (Å²) in [5, 5.41) is 0. The van der Waals surface area contributed by atoms with Gasteiger partial charge >= 0.3 is 0 Å². The first-order chi connectivity index (χ1) is 9.06. The van der Waals surface area contributed by atoms with Crippen LogP contribution in [0, 0.1) is 13.8 Å². The number of ether oxygens (including phenoxy) is 1. The molecule has 0 bridgehead atoms. The molecule has 1 aromatic carbocycles. The third kappa shape index (κ3) is 3.16. The molecule has 108 valence electrons. The zero-order chi connectivity index (χ0) is 14.5. The maximum Gasteiger partial charge on any atom is 0.0883 e. The second kappa shape index (κ2) is 7.04. The first-order valence-corrected chi connectivity index (χ1v) is 7.22. The summed E-state index contributed by atoms with van der Waals surface area (Å²) < 4.78 is 6.09. The molecule has 1 atom stereocenters. The number of benzene rings is 1. The van der Waals surface area contributed by atoms with Gasteiger partial charge in [0.25, 0.3) is 0 Å². The SMILES string of the molecule is CCOC(CC)(CC)C(NN)c1cccc(C)c1C. The van der Waals surface area contributed by atoms with Crippen molar-refractivity contribution in [2.24, 2.45) is 5.84 Å². The average molecular weight is 264 g/mol. The molecule has 0 spiro atoms. The van der Waals surface area contributed by atoms with Gasteiger partial charge in [-0.2, -0.15) is 0 Å². The van der Waals surface area contributed by atoms with E-state index in [9.17, 15) is 0 Å². The van der Waals surface area contributed by atoms with Crippen molar-refractivity contribution in [1.29, 1.82) is 0 Å². The van der Waals surface area contributed by atoms with Crippen LogP contribution >= 0.6 is 0 Å². The molecule has 0 aliphatic heterocycles. The minimum absolute atomic E-state index is 0.0161. The highest BCUT2D eigenvalue weighted by Crippen LogP contribution is 2.36. The molecule has 0 aromatic heterocycles. The molecule has 0 aliphatic carbocycles. The van der Waals surface area contributed by atoms with Crippen molar-refractivity contribution in [3.05, 3.63) is 34.9 Å². The summed E-state index contributed by atoms with van der Waals surface area (Å²) in [6.45, 7) is 11.3. The van der Waals surface area contributed by atoms with Gasteiger partial charge in [-0.15, -0.1) is 0 Å². The molecule has 0 radical (unpaired) electrons. The molecule has 1 unspecified atom stereocenters. The number of hydrogen-bond acceptors (Lipinski definition) is 3. The van der Waals surface area contributed by atoms with Gasteiger partial charge < -0.3 is 4.74 Å². The zero-order valence-electron chi connectivity index (χ0n) is 12.9. The van der Waals surface area contributed by atoms with E-state index in [1.54, 1.807) is 0 Å². The van der Waals surface area contributed by atoms with Crippen molar-refractivity contribution < 1.29 is 4.74 Å². The number of hydrogen-bond donors (Lipinski definition) is 2. The normalized spacial score (nSPS) is 13.6. The maximum atomic E-state index is 6.09. The fraction of sp³-hybridized carbons (Fsp3) is 0.625. The Bertz CT molecular complexity index is 400. The van der Waals surface area contributed by atoms with Gasteiger partial charge in [0, 0.05) is 6.61 Å². The van der Waals surface area contributed by atoms with Gasteiger partial charge in [-0.05, 0) is 50.3 Å². The van der Waals surface area contributed by atoms with E-state index in [1.807, 2.05) is 6.92 Å². The second-order valence-electron chi connectivity index (χ2n) is 5.09. The van der Waals surface area contributed by atoms with E-state index in [-0.39, 0.29) is 11.6 Å². The fourth-order valence-electron chi connectivity index (χ4n) is 2.84. The van der Waals surface area contributed by atoms with Gasteiger partial charge in [-0.3, -0.25) is 11.3 Å². The molecule has 1 rings (SSSR count). The first kappa shape index (κ1) is 16.2. The van der Waals surface area contributed by atoms with Crippen molar-refractivity contribution >= 4 is 0 Å². The molecule has 0 heterocycles. The minimum atomic E-state index is -0.248. The molecule has 3 N–H and O–H groups in total. The van der Waals surface area contributed by atoms with Gasteiger partial charge in [0.2, 0.25) is 0 Å². The van der Waals surface area contributed by atoms with Crippen LogP contribution in [0.1, 0.15) is 56.3 Å². The average Bonchev–Trinajstić information content (AvgIpc) is 2.43.